The Balaban J connectivity index is 0.00000126. The number of benzene rings is 1. The van der Waals surface area contributed by atoms with Crippen molar-refractivity contribution in [3.63, 3.8) is 0 Å². The average Bonchev–Trinajstić information content (AvgIpc) is 3.31. The first-order valence-corrected chi connectivity index (χ1v) is 9.16. The van der Waals surface area contributed by atoms with E-state index in [0.717, 1.165) is 24.0 Å². The molecule has 0 bridgehead atoms. The predicted molar refractivity (Wildman–Crippen MR) is 99.4 cm³/mol. The molecule has 1 heterocycles. The number of cyclic esters (lactones) is 1. The summed E-state index contributed by atoms with van der Waals surface area (Å²) in [4.78, 5) is 27.4. The Hall–Kier alpha value is -2.54. The molecule has 0 saturated carbocycles. The molecule has 3 N–H and O–H groups in total. The van der Waals surface area contributed by atoms with E-state index in [1.807, 2.05) is 26.8 Å². The predicted octanol–water partition coefficient (Wildman–Crippen LogP) is 3.41. The van der Waals surface area contributed by atoms with Gasteiger partial charge in [0.25, 0.3) is 0 Å². The van der Waals surface area contributed by atoms with Crippen LogP contribution in [-0.4, -0.2) is 24.2 Å². The van der Waals surface area contributed by atoms with E-state index in [2.05, 4.69) is 4.84 Å². The van der Waals surface area contributed by atoms with E-state index >= 15 is 0 Å². The number of allylic oxidation sites excluding steroid dienone is 2. The fraction of sp³-hybridized carbons (Fsp3) is 0.500. The zero-order valence-electron chi connectivity index (χ0n) is 16.3. The maximum Gasteiger partial charge on any atom is 0.342 e. The number of methoxy groups -OCH3 is 1. The van der Waals surface area contributed by atoms with Gasteiger partial charge >= 0.3 is 11.9 Å². The number of phenolic OH excluding ortho intramolecular Hbond substituents is 1. The minimum atomic E-state index is -0.507. The molecule has 1 aromatic carbocycles. The maximum atomic E-state index is 12.0. The molecule has 27 heavy (non-hydrogen) atoms. The molecule has 1 aromatic rings. The molecule has 0 aromatic heterocycles. The SMILES string of the molecule is CC.COc1c(C)c2c(c(O)c1C1C=C(CCC(=O)ON)CC1)C(=O)OC2. The summed E-state index contributed by atoms with van der Waals surface area (Å²) in [5.41, 5.74) is 3.43. The molecule has 0 radical (unpaired) electrons. The molecule has 0 fully saturated rings. The quantitative estimate of drug-likeness (QED) is 0.460. The van der Waals surface area contributed by atoms with E-state index < -0.39 is 11.9 Å². The van der Waals surface area contributed by atoms with E-state index in [1.54, 1.807) is 7.11 Å². The monoisotopic (exact) mass is 377 g/mol. The molecule has 7 nitrogen and oxygen atoms in total. The Labute approximate surface area is 159 Å². The van der Waals surface area contributed by atoms with Gasteiger partial charge in [-0.3, -0.25) is 4.79 Å². The van der Waals surface area contributed by atoms with Gasteiger partial charge < -0.3 is 19.4 Å². The van der Waals surface area contributed by atoms with Crippen molar-refractivity contribution in [3.8, 4) is 11.5 Å². The molecular formula is C20H27NO6. The Morgan fingerprint density at radius 2 is 2.11 bits per heavy atom. The van der Waals surface area contributed by atoms with Crippen LogP contribution < -0.4 is 10.6 Å². The Morgan fingerprint density at radius 3 is 2.74 bits per heavy atom. The smallest absolute Gasteiger partial charge is 0.342 e. The number of esters is 1. The number of aromatic hydroxyl groups is 1. The number of fused-ring (bicyclic) bond motifs is 1. The summed E-state index contributed by atoms with van der Waals surface area (Å²) < 4.78 is 10.6. The lowest BCUT2D eigenvalue weighted by atomic mass is 9.89. The number of phenols is 1. The van der Waals surface area contributed by atoms with Crippen LogP contribution in [0.4, 0.5) is 0 Å². The van der Waals surface area contributed by atoms with Crippen LogP contribution in [-0.2, 0) is 21.0 Å². The van der Waals surface area contributed by atoms with E-state index in [4.69, 9.17) is 15.4 Å². The minimum absolute atomic E-state index is 0.0659. The Kier molecular flexibility index (Phi) is 6.85. The maximum absolute atomic E-state index is 12.0. The third-order valence-electron chi connectivity index (χ3n) is 4.95. The van der Waals surface area contributed by atoms with Crippen LogP contribution >= 0.6 is 0 Å². The second kappa shape index (κ2) is 8.90. The van der Waals surface area contributed by atoms with Crippen molar-refractivity contribution in [2.24, 2.45) is 5.90 Å². The lowest BCUT2D eigenvalue weighted by molar-refractivity contribution is -0.144. The van der Waals surface area contributed by atoms with Crippen LogP contribution in [0.25, 0.3) is 0 Å². The molecule has 148 valence electrons. The van der Waals surface area contributed by atoms with Gasteiger partial charge in [-0.25, -0.2) is 4.79 Å². The molecule has 1 aliphatic carbocycles. The normalized spacial score (nSPS) is 17.4. The molecule has 0 spiro atoms. The highest BCUT2D eigenvalue weighted by molar-refractivity contribution is 5.98. The lowest BCUT2D eigenvalue weighted by Crippen LogP contribution is -2.09. The van der Waals surface area contributed by atoms with Gasteiger partial charge in [-0.15, -0.1) is 0 Å². The second-order valence-corrected chi connectivity index (χ2v) is 6.31. The summed E-state index contributed by atoms with van der Waals surface area (Å²) in [6, 6.07) is 0. The summed E-state index contributed by atoms with van der Waals surface area (Å²) in [6.07, 6.45) is 4.36. The third-order valence-corrected chi connectivity index (χ3v) is 4.95. The van der Waals surface area contributed by atoms with Crippen LogP contribution in [0.2, 0.25) is 0 Å². The third kappa shape index (κ3) is 3.93. The highest BCUT2D eigenvalue weighted by atomic mass is 16.7. The van der Waals surface area contributed by atoms with E-state index in [0.29, 0.717) is 23.3 Å². The number of rotatable bonds is 5. The summed E-state index contributed by atoms with van der Waals surface area (Å²) in [7, 11) is 1.55. The summed E-state index contributed by atoms with van der Waals surface area (Å²) in [5, 5.41) is 10.7. The highest BCUT2D eigenvalue weighted by Gasteiger charge is 2.35. The number of nitrogens with two attached hydrogens (primary N) is 1. The van der Waals surface area contributed by atoms with Crippen LogP contribution in [0.15, 0.2) is 11.6 Å². The standard InChI is InChI=1S/C18H21NO6.C2H6/c1-9-12-8-24-18(22)15(12)16(21)14(17(9)23-2)11-5-3-10(7-11)4-6-13(20)25-19;1-2/h7,11,21H,3-6,8,19H2,1-2H3;1-2H3. The second-order valence-electron chi connectivity index (χ2n) is 6.31. The largest absolute Gasteiger partial charge is 0.507 e. The zero-order valence-corrected chi connectivity index (χ0v) is 16.3. The number of carbonyl (C=O) groups is 2. The van der Waals surface area contributed by atoms with Crippen LogP contribution in [0.5, 0.6) is 11.5 Å². The van der Waals surface area contributed by atoms with Gasteiger partial charge in [0, 0.05) is 17.0 Å². The van der Waals surface area contributed by atoms with Crippen LogP contribution in [0, 0.1) is 6.92 Å². The molecule has 1 unspecified atom stereocenters. The average molecular weight is 377 g/mol. The van der Waals surface area contributed by atoms with Crippen molar-refractivity contribution in [3.05, 3.63) is 33.9 Å². The molecule has 1 aliphatic heterocycles. The number of carbonyl (C=O) groups excluding carboxylic acids is 2. The van der Waals surface area contributed by atoms with E-state index in [-0.39, 0.29) is 30.3 Å². The Morgan fingerprint density at radius 1 is 1.41 bits per heavy atom. The van der Waals surface area contributed by atoms with Crippen molar-refractivity contribution in [2.45, 2.75) is 59.0 Å². The van der Waals surface area contributed by atoms with Crippen molar-refractivity contribution in [2.75, 3.05) is 7.11 Å². The van der Waals surface area contributed by atoms with Crippen LogP contribution in [0.1, 0.15) is 72.5 Å². The fourth-order valence-corrected chi connectivity index (χ4v) is 3.68. The molecule has 2 aliphatic rings. The van der Waals surface area contributed by atoms with Crippen LogP contribution in [0.3, 0.4) is 0 Å². The van der Waals surface area contributed by atoms with Gasteiger partial charge in [-0.2, -0.15) is 5.90 Å². The Bertz CT molecular complexity index is 768. The fourth-order valence-electron chi connectivity index (χ4n) is 3.68. The summed E-state index contributed by atoms with van der Waals surface area (Å²) in [6.45, 7) is 6.01. The minimum Gasteiger partial charge on any atom is -0.507 e. The molecule has 0 saturated heterocycles. The van der Waals surface area contributed by atoms with Gasteiger partial charge in [0.2, 0.25) is 0 Å². The van der Waals surface area contributed by atoms with Gasteiger partial charge in [0.1, 0.15) is 23.7 Å². The summed E-state index contributed by atoms with van der Waals surface area (Å²) in [5.74, 6) is 4.32. The molecule has 7 heteroatoms. The van der Waals surface area contributed by atoms with E-state index in [1.165, 1.54) is 0 Å². The molecule has 3 rings (SSSR count). The van der Waals surface area contributed by atoms with Gasteiger partial charge in [0.05, 0.1) is 13.5 Å². The topological polar surface area (TPSA) is 108 Å². The van der Waals surface area contributed by atoms with Crippen molar-refractivity contribution in [1.82, 2.24) is 0 Å². The van der Waals surface area contributed by atoms with Crippen molar-refractivity contribution in [1.29, 1.82) is 0 Å². The number of ether oxygens (including phenoxy) is 2. The molecule has 0 amide bonds. The first kappa shape index (κ1) is 20.8. The lowest BCUT2D eigenvalue weighted by Gasteiger charge is -2.19. The van der Waals surface area contributed by atoms with Gasteiger partial charge in [-0.1, -0.05) is 25.5 Å². The number of hydrogen-bond acceptors (Lipinski definition) is 7. The first-order valence-electron chi connectivity index (χ1n) is 9.16. The van der Waals surface area contributed by atoms with E-state index in [9.17, 15) is 14.7 Å². The van der Waals surface area contributed by atoms with Crippen molar-refractivity contribution < 1.29 is 29.0 Å². The number of hydrogen-bond donors (Lipinski definition) is 2. The first-order chi connectivity index (χ1) is 13.0. The molecular weight excluding hydrogens is 350 g/mol. The zero-order chi connectivity index (χ0) is 20.1. The summed E-state index contributed by atoms with van der Waals surface area (Å²) >= 11 is 0. The molecule has 1 atom stereocenters. The van der Waals surface area contributed by atoms with Gasteiger partial charge in [0.15, 0.2) is 0 Å². The van der Waals surface area contributed by atoms with Gasteiger partial charge in [-0.05, 0) is 31.7 Å². The van der Waals surface area contributed by atoms with Crippen molar-refractivity contribution >= 4 is 11.9 Å². The highest BCUT2D eigenvalue weighted by Crippen LogP contribution is 2.48.